The topological polar surface area (TPSA) is 67.0 Å². The summed E-state index contributed by atoms with van der Waals surface area (Å²) in [5, 5.41) is 9.62. The van der Waals surface area contributed by atoms with E-state index in [-0.39, 0.29) is 0 Å². The zero-order valence-corrected chi connectivity index (χ0v) is 22.9. The quantitative estimate of drug-likeness (QED) is 0.456. The fourth-order valence-corrected chi connectivity index (χ4v) is 6.02. The minimum Gasteiger partial charge on any atom is -0.353 e. The van der Waals surface area contributed by atoms with Gasteiger partial charge < -0.3 is 19.7 Å². The van der Waals surface area contributed by atoms with Crippen LogP contribution in [0.2, 0.25) is 0 Å². The summed E-state index contributed by atoms with van der Waals surface area (Å²) in [4.78, 5) is 15.5. The van der Waals surface area contributed by atoms with Crippen molar-refractivity contribution >= 4 is 22.5 Å². The third kappa shape index (κ3) is 4.17. The highest BCUT2D eigenvalue weighted by atomic mass is 15.4. The van der Waals surface area contributed by atoms with Crippen molar-refractivity contribution in [2.45, 2.75) is 52.6 Å². The lowest BCUT2D eigenvalue weighted by Crippen LogP contribution is -2.50. The van der Waals surface area contributed by atoms with Crippen LogP contribution in [0.25, 0.3) is 22.3 Å². The molecule has 2 aliphatic rings. The molecule has 37 heavy (non-hydrogen) atoms. The number of rotatable bonds is 4. The molecule has 5 heterocycles. The van der Waals surface area contributed by atoms with Crippen molar-refractivity contribution in [3.63, 3.8) is 0 Å². The number of anilines is 2. The lowest BCUT2D eigenvalue weighted by atomic mass is 10.0. The van der Waals surface area contributed by atoms with Crippen LogP contribution in [0.4, 0.5) is 11.6 Å². The van der Waals surface area contributed by atoms with E-state index in [1.54, 1.807) is 0 Å². The molecule has 1 fully saturated rings. The highest BCUT2D eigenvalue weighted by Crippen LogP contribution is 2.36. The molecular formula is C29H38N8. The number of fused-ring (bicyclic) bond motifs is 2. The first kappa shape index (κ1) is 24.0. The molecule has 1 aromatic carbocycles. The molecule has 8 nitrogen and oxygen atoms in total. The van der Waals surface area contributed by atoms with Crippen LogP contribution in [-0.2, 0) is 27.1 Å². The molecule has 0 spiro atoms. The van der Waals surface area contributed by atoms with E-state index in [0.717, 1.165) is 62.0 Å². The van der Waals surface area contributed by atoms with E-state index in [2.05, 4.69) is 91.9 Å². The van der Waals surface area contributed by atoms with Crippen LogP contribution in [0.3, 0.4) is 0 Å². The fourth-order valence-electron chi connectivity index (χ4n) is 6.02. The van der Waals surface area contributed by atoms with E-state index in [0.29, 0.717) is 12.0 Å². The van der Waals surface area contributed by atoms with Crippen molar-refractivity contribution in [2.75, 3.05) is 36.0 Å². The van der Waals surface area contributed by atoms with Crippen LogP contribution in [0.5, 0.6) is 0 Å². The molecule has 0 amide bonds. The van der Waals surface area contributed by atoms with E-state index in [4.69, 9.17) is 15.1 Å². The van der Waals surface area contributed by atoms with Crippen LogP contribution >= 0.6 is 0 Å². The highest BCUT2D eigenvalue weighted by Gasteiger charge is 2.29. The number of nitrogens with zero attached hydrogens (tertiary/aromatic N) is 7. The Labute approximate surface area is 219 Å². The molecule has 6 rings (SSSR count). The lowest BCUT2D eigenvalue weighted by molar-refractivity contribution is 0.480. The molecule has 194 valence electrons. The van der Waals surface area contributed by atoms with Crippen LogP contribution < -0.4 is 15.1 Å². The van der Waals surface area contributed by atoms with Gasteiger partial charge in [-0.1, -0.05) is 26.0 Å². The van der Waals surface area contributed by atoms with Gasteiger partial charge in [0.1, 0.15) is 11.6 Å². The van der Waals surface area contributed by atoms with E-state index in [9.17, 15) is 0 Å². The number of hydrogen-bond donors (Lipinski definition) is 1. The Kier molecular flexibility index (Phi) is 5.94. The lowest BCUT2D eigenvalue weighted by Gasteiger charge is -2.37. The first-order valence-corrected chi connectivity index (χ1v) is 13.5. The van der Waals surface area contributed by atoms with Crippen LogP contribution in [0.1, 0.15) is 49.2 Å². The maximum absolute atomic E-state index is 5.33. The van der Waals surface area contributed by atoms with Crippen molar-refractivity contribution in [3.05, 3.63) is 53.0 Å². The predicted octanol–water partition coefficient (Wildman–Crippen LogP) is 4.16. The summed E-state index contributed by atoms with van der Waals surface area (Å²) in [6, 6.07) is 9.16. The molecular weight excluding hydrogens is 460 g/mol. The third-order valence-electron chi connectivity index (χ3n) is 7.94. The van der Waals surface area contributed by atoms with Gasteiger partial charge in [-0.2, -0.15) is 5.10 Å². The second-order valence-electron chi connectivity index (χ2n) is 11.1. The predicted molar refractivity (Wildman–Crippen MR) is 150 cm³/mol. The van der Waals surface area contributed by atoms with Crippen molar-refractivity contribution in [1.82, 2.24) is 29.6 Å². The molecule has 1 saturated heterocycles. The van der Waals surface area contributed by atoms with Gasteiger partial charge in [-0.15, -0.1) is 0 Å². The Morgan fingerprint density at radius 1 is 1.08 bits per heavy atom. The average molecular weight is 499 g/mol. The summed E-state index contributed by atoms with van der Waals surface area (Å²) in [6.45, 7) is 13.4. The second kappa shape index (κ2) is 9.17. The molecule has 0 radical (unpaired) electrons. The molecule has 0 bridgehead atoms. The first-order valence-electron chi connectivity index (χ1n) is 13.5. The maximum atomic E-state index is 5.33. The van der Waals surface area contributed by atoms with Crippen molar-refractivity contribution in [1.29, 1.82) is 0 Å². The zero-order chi connectivity index (χ0) is 25.8. The summed E-state index contributed by atoms with van der Waals surface area (Å²) in [5.41, 5.74) is 7.18. The van der Waals surface area contributed by atoms with Crippen molar-refractivity contribution < 1.29 is 0 Å². The largest absolute Gasteiger partial charge is 0.353 e. The van der Waals surface area contributed by atoms with E-state index in [1.165, 1.54) is 33.5 Å². The van der Waals surface area contributed by atoms with Gasteiger partial charge in [-0.05, 0) is 31.4 Å². The van der Waals surface area contributed by atoms with Gasteiger partial charge in [0, 0.05) is 93.6 Å². The molecule has 8 heteroatoms. The third-order valence-corrected chi connectivity index (χ3v) is 7.94. The zero-order valence-electron chi connectivity index (χ0n) is 22.9. The summed E-state index contributed by atoms with van der Waals surface area (Å²) in [6.07, 6.45) is 3.09. The van der Waals surface area contributed by atoms with E-state index < -0.39 is 0 Å². The Hall–Kier alpha value is -3.39. The number of benzene rings is 1. The first-order chi connectivity index (χ1) is 17.8. The molecule has 1 N–H and O–H groups in total. The van der Waals surface area contributed by atoms with Gasteiger partial charge in [0.2, 0.25) is 0 Å². The Morgan fingerprint density at radius 3 is 2.68 bits per heavy atom. The molecule has 0 saturated carbocycles. The molecule has 0 aliphatic carbocycles. The molecule has 3 aromatic heterocycles. The summed E-state index contributed by atoms with van der Waals surface area (Å²) < 4.78 is 4.23. The molecule has 4 aromatic rings. The number of aryl methyl sites for hydroxylation is 3. The van der Waals surface area contributed by atoms with Crippen LogP contribution in [0, 0.1) is 6.92 Å². The smallest absolute Gasteiger partial charge is 0.162 e. The van der Waals surface area contributed by atoms with E-state index >= 15 is 0 Å². The van der Waals surface area contributed by atoms with Crippen molar-refractivity contribution in [3.8, 4) is 11.4 Å². The summed E-state index contributed by atoms with van der Waals surface area (Å²) >= 11 is 0. The molecule has 2 aliphatic heterocycles. The standard InChI is InChI=1S/C29H38N8/c1-18(2)24-14-26(35(6)33-24)36-12-10-23-22(17-36)29(37-13-11-30-20(4)16-37)32-28(31-23)21-8-7-9-25-27(21)19(3)15-34(25)5/h7-9,14-15,18,20,30H,10-13,16-17H2,1-6H3. The van der Waals surface area contributed by atoms with Gasteiger partial charge in [0.25, 0.3) is 0 Å². The number of nitrogens with one attached hydrogen (secondary N) is 1. The van der Waals surface area contributed by atoms with Crippen LogP contribution in [0.15, 0.2) is 30.5 Å². The summed E-state index contributed by atoms with van der Waals surface area (Å²) in [5.74, 6) is 3.51. The van der Waals surface area contributed by atoms with Crippen molar-refractivity contribution in [2.24, 2.45) is 14.1 Å². The van der Waals surface area contributed by atoms with E-state index in [1.807, 2.05) is 4.68 Å². The summed E-state index contributed by atoms with van der Waals surface area (Å²) in [7, 11) is 4.16. The van der Waals surface area contributed by atoms with Gasteiger partial charge >= 0.3 is 0 Å². The fraction of sp³-hybridized carbons (Fsp3) is 0.483. The van der Waals surface area contributed by atoms with Gasteiger partial charge in [-0.25, -0.2) is 9.97 Å². The maximum Gasteiger partial charge on any atom is 0.162 e. The second-order valence-corrected chi connectivity index (χ2v) is 11.1. The Bertz CT molecular complexity index is 1460. The highest BCUT2D eigenvalue weighted by molar-refractivity contribution is 5.96. The normalized spacial score (nSPS) is 18.2. The Balaban J connectivity index is 1.47. The molecule has 1 unspecified atom stereocenters. The minimum atomic E-state index is 0.407. The number of aromatic nitrogens is 5. The van der Waals surface area contributed by atoms with Gasteiger partial charge in [-0.3, -0.25) is 4.68 Å². The number of hydrogen-bond acceptors (Lipinski definition) is 6. The van der Waals surface area contributed by atoms with Crippen LogP contribution in [-0.4, -0.2) is 56.5 Å². The van der Waals surface area contributed by atoms with Gasteiger partial charge in [0.15, 0.2) is 5.82 Å². The Morgan fingerprint density at radius 2 is 1.92 bits per heavy atom. The molecule has 1 atom stereocenters. The van der Waals surface area contributed by atoms with Gasteiger partial charge in [0.05, 0.1) is 11.4 Å². The number of piperazine rings is 1. The minimum absolute atomic E-state index is 0.407. The monoisotopic (exact) mass is 498 g/mol. The SMILES string of the molecule is Cc1cn(C)c2cccc(-c3nc4c(c(N5CCNC(C)C5)n3)CN(c3cc(C(C)C)nn3C)CC4)c12. The average Bonchev–Trinajstić information content (AvgIpc) is 3.42.